The van der Waals surface area contributed by atoms with E-state index in [4.69, 9.17) is 9.84 Å². The average Bonchev–Trinajstić information content (AvgIpc) is 3.54. The number of aryl methyl sites for hydroxylation is 1. The van der Waals surface area contributed by atoms with Crippen molar-refractivity contribution in [2.45, 2.75) is 57.5 Å². The standard InChI is InChI=1S/C26H29N3O2/c1-28-24-16-9-15-21(24)23(27-28)18-29(19-10-5-6-11-19)26(30)22-14-7-8-17-25(22)31-20-12-3-2-4-13-20/h2-4,7-8,12-14,17,19H,5-6,9-11,15-16,18H2,1H3. The monoisotopic (exact) mass is 415 g/mol. The lowest BCUT2D eigenvalue weighted by Gasteiger charge is -2.29. The highest BCUT2D eigenvalue weighted by Crippen LogP contribution is 2.32. The van der Waals surface area contributed by atoms with Crippen LogP contribution >= 0.6 is 0 Å². The molecule has 160 valence electrons. The van der Waals surface area contributed by atoms with Crippen LogP contribution in [0.4, 0.5) is 0 Å². The predicted molar refractivity (Wildman–Crippen MR) is 120 cm³/mol. The van der Waals surface area contributed by atoms with Crippen LogP contribution in [0.3, 0.4) is 0 Å². The smallest absolute Gasteiger partial charge is 0.258 e. The highest BCUT2D eigenvalue weighted by Gasteiger charge is 2.31. The number of hydrogen-bond acceptors (Lipinski definition) is 3. The first-order valence-electron chi connectivity index (χ1n) is 11.4. The molecule has 1 aromatic heterocycles. The van der Waals surface area contributed by atoms with Crippen molar-refractivity contribution in [3.8, 4) is 11.5 Å². The second kappa shape index (κ2) is 8.58. The Balaban J connectivity index is 1.46. The summed E-state index contributed by atoms with van der Waals surface area (Å²) in [5, 5.41) is 4.80. The molecule has 5 rings (SSSR count). The van der Waals surface area contributed by atoms with Crippen LogP contribution in [0.2, 0.25) is 0 Å². The van der Waals surface area contributed by atoms with E-state index in [0.717, 1.165) is 37.1 Å². The molecule has 1 heterocycles. The number of fused-ring (bicyclic) bond motifs is 1. The van der Waals surface area contributed by atoms with Gasteiger partial charge in [0.25, 0.3) is 5.91 Å². The SMILES string of the molecule is Cn1nc(CN(C(=O)c2ccccc2Oc2ccccc2)C2CCCC2)c2c1CCC2. The van der Waals surface area contributed by atoms with Crippen molar-refractivity contribution >= 4 is 5.91 Å². The number of aromatic nitrogens is 2. The van der Waals surface area contributed by atoms with Gasteiger partial charge in [-0.15, -0.1) is 0 Å². The van der Waals surface area contributed by atoms with Gasteiger partial charge in [0.15, 0.2) is 0 Å². The molecule has 2 aromatic carbocycles. The third-order valence-electron chi connectivity index (χ3n) is 6.63. The van der Waals surface area contributed by atoms with Crippen LogP contribution in [-0.4, -0.2) is 26.6 Å². The summed E-state index contributed by atoms with van der Waals surface area (Å²) in [5.41, 5.74) is 4.37. The van der Waals surface area contributed by atoms with Crippen molar-refractivity contribution in [1.29, 1.82) is 0 Å². The van der Waals surface area contributed by atoms with Gasteiger partial charge in [0.1, 0.15) is 11.5 Å². The first-order chi connectivity index (χ1) is 15.2. The van der Waals surface area contributed by atoms with Crippen molar-refractivity contribution in [2.24, 2.45) is 7.05 Å². The van der Waals surface area contributed by atoms with Crippen molar-refractivity contribution in [3.63, 3.8) is 0 Å². The van der Waals surface area contributed by atoms with E-state index in [1.165, 1.54) is 30.5 Å². The zero-order valence-electron chi connectivity index (χ0n) is 18.1. The molecule has 0 aliphatic heterocycles. The molecule has 2 aliphatic carbocycles. The van der Waals surface area contributed by atoms with E-state index in [2.05, 4.69) is 4.90 Å². The van der Waals surface area contributed by atoms with Crippen LogP contribution in [0.5, 0.6) is 11.5 Å². The number of carbonyl (C=O) groups excluding carboxylic acids is 1. The van der Waals surface area contributed by atoms with Gasteiger partial charge in [-0.1, -0.05) is 43.2 Å². The average molecular weight is 416 g/mol. The quantitative estimate of drug-likeness (QED) is 0.550. The Morgan fingerprint density at radius 3 is 2.58 bits per heavy atom. The fourth-order valence-electron chi connectivity index (χ4n) is 5.07. The van der Waals surface area contributed by atoms with Gasteiger partial charge in [0, 0.05) is 18.8 Å². The van der Waals surface area contributed by atoms with Gasteiger partial charge in [-0.25, -0.2) is 0 Å². The Morgan fingerprint density at radius 2 is 1.77 bits per heavy atom. The summed E-state index contributed by atoms with van der Waals surface area (Å²) in [6, 6.07) is 17.5. The minimum Gasteiger partial charge on any atom is -0.457 e. The number of benzene rings is 2. The van der Waals surface area contributed by atoms with Crippen LogP contribution in [0.15, 0.2) is 54.6 Å². The van der Waals surface area contributed by atoms with Gasteiger partial charge in [0.2, 0.25) is 0 Å². The summed E-state index contributed by atoms with van der Waals surface area (Å²) in [6.45, 7) is 0.576. The molecule has 0 atom stereocenters. The lowest BCUT2D eigenvalue weighted by Crippen LogP contribution is -2.38. The van der Waals surface area contributed by atoms with Gasteiger partial charge < -0.3 is 9.64 Å². The molecule has 5 nitrogen and oxygen atoms in total. The Bertz CT molecular complexity index is 1070. The van der Waals surface area contributed by atoms with E-state index >= 15 is 0 Å². The highest BCUT2D eigenvalue weighted by molar-refractivity contribution is 5.97. The molecule has 1 fully saturated rings. The first kappa shape index (κ1) is 19.9. The van der Waals surface area contributed by atoms with E-state index in [0.29, 0.717) is 17.9 Å². The predicted octanol–water partition coefficient (Wildman–Crippen LogP) is 5.29. The fraction of sp³-hybridized carbons (Fsp3) is 0.385. The fourth-order valence-corrected chi connectivity index (χ4v) is 5.07. The molecule has 0 spiro atoms. The maximum atomic E-state index is 13.9. The number of hydrogen-bond donors (Lipinski definition) is 0. The largest absolute Gasteiger partial charge is 0.457 e. The molecule has 0 radical (unpaired) electrons. The lowest BCUT2D eigenvalue weighted by molar-refractivity contribution is 0.0658. The van der Waals surface area contributed by atoms with Gasteiger partial charge in [0.05, 0.1) is 17.8 Å². The Kier molecular flexibility index (Phi) is 5.49. The van der Waals surface area contributed by atoms with Crippen LogP contribution in [0.1, 0.15) is 59.4 Å². The molecular weight excluding hydrogens is 386 g/mol. The van der Waals surface area contributed by atoms with E-state index in [1.54, 1.807) is 0 Å². The maximum absolute atomic E-state index is 13.9. The summed E-state index contributed by atoms with van der Waals surface area (Å²) in [6.07, 6.45) is 7.81. The first-order valence-corrected chi connectivity index (χ1v) is 11.4. The third kappa shape index (κ3) is 3.97. The zero-order valence-corrected chi connectivity index (χ0v) is 18.1. The number of amides is 1. The Hall–Kier alpha value is -3.08. The van der Waals surface area contributed by atoms with Gasteiger partial charge in [-0.05, 0) is 61.9 Å². The molecule has 1 amide bonds. The van der Waals surface area contributed by atoms with Crippen molar-refractivity contribution < 1.29 is 9.53 Å². The van der Waals surface area contributed by atoms with Crippen molar-refractivity contribution in [3.05, 3.63) is 77.1 Å². The van der Waals surface area contributed by atoms with E-state index in [1.807, 2.05) is 66.3 Å². The minimum atomic E-state index is 0.0378. The minimum absolute atomic E-state index is 0.0378. The lowest BCUT2D eigenvalue weighted by atomic mass is 10.1. The van der Waals surface area contributed by atoms with Gasteiger partial charge >= 0.3 is 0 Å². The van der Waals surface area contributed by atoms with Crippen LogP contribution in [0, 0.1) is 0 Å². The summed E-state index contributed by atoms with van der Waals surface area (Å²) in [5.74, 6) is 1.38. The van der Waals surface area contributed by atoms with Crippen molar-refractivity contribution in [1.82, 2.24) is 14.7 Å². The summed E-state index contributed by atoms with van der Waals surface area (Å²) in [4.78, 5) is 15.9. The second-order valence-corrected chi connectivity index (χ2v) is 8.63. The Morgan fingerprint density at radius 1 is 1.03 bits per heavy atom. The molecule has 5 heteroatoms. The zero-order chi connectivity index (χ0) is 21.2. The molecule has 0 N–H and O–H groups in total. The molecule has 3 aromatic rings. The second-order valence-electron chi connectivity index (χ2n) is 8.63. The van der Waals surface area contributed by atoms with Crippen LogP contribution in [0.25, 0.3) is 0 Å². The van der Waals surface area contributed by atoms with E-state index < -0.39 is 0 Å². The molecule has 2 aliphatic rings. The summed E-state index contributed by atoms with van der Waals surface area (Å²) < 4.78 is 8.12. The number of ether oxygens (including phenoxy) is 1. The number of nitrogens with zero attached hydrogens (tertiary/aromatic N) is 3. The molecule has 0 bridgehead atoms. The van der Waals surface area contributed by atoms with Gasteiger partial charge in [-0.3, -0.25) is 9.48 Å². The van der Waals surface area contributed by atoms with Crippen molar-refractivity contribution in [2.75, 3.05) is 0 Å². The number of carbonyl (C=O) groups is 1. The Labute approximate surface area is 183 Å². The molecule has 0 saturated heterocycles. The molecule has 1 saturated carbocycles. The number of rotatable bonds is 6. The highest BCUT2D eigenvalue weighted by atomic mass is 16.5. The summed E-state index contributed by atoms with van der Waals surface area (Å²) in [7, 11) is 2.03. The summed E-state index contributed by atoms with van der Waals surface area (Å²) >= 11 is 0. The molecule has 0 unspecified atom stereocenters. The van der Waals surface area contributed by atoms with Crippen LogP contribution < -0.4 is 4.74 Å². The molecule has 31 heavy (non-hydrogen) atoms. The van der Waals surface area contributed by atoms with E-state index in [9.17, 15) is 4.79 Å². The van der Waals surface area contributed by atoms with Gasteiger partial charge in [-0.2, -0.15) is 5.10 Å². The topological polar surface area (TPSA) is 47.4 Å². The van der Waals surface area contributed by atoms with Crippen LogP contribution in [-0.2, 0) is 26.4 Å². The third-order valence-corrected chi connectivity index (χ3v) is 6.63. The normalized spacial score (nSPS) is 15.8. The maximum Gasteiger partial charge on any atom is 0.258 e. The van der Waals surface area contributed by atoms with E-state index in [-0.39, 0.29) is 11.9 Å². The molecular formula is C26H29N3O2. The number of para-hydroxylation sites is 2.